The van der Waals surface area contributed by atoms with E-state index in [9.17, 15) is 13.5 Å². The van der Waals surface area contributed by atoms with E-state index in [1.54, 1.807) is 38.4 Å². The van der Waals surface area contributed by atoms with Crippen LogP contribution in [0.25, 0.3) is 11.4 Å². The molecule has 0 bridgehead atoms. The maximum Gasteiger partial charge on any atom is 0.243 e. The second-order valence-corrected chi connectivity index (χ2v) is 11.0. The number of hydrogen-bond donors (Lipinski definition) is 2. The maximum atomic E-state index is 13.8. The third-order valence-electron chi connectivity index (χ3n) is 5.74. The smallest absolute Gasteiger partial charge is 0.243 e. The zero-order chi connectivity index (χ0) is 29.0. The summed E-state index contributed by atoms with van der Waals surface area (Å²) in [6, 6.07) is 4.58. The second kappa shape index (κ2) is 11.7. The highest BCUT2D eigenvalue weighted by Gasteiger charge is 2.36. The first-order valence-corrected chi connectivity index (χ1v) is 13.7. The van der Waals surface area contributed by atoms with Crippen LogP contribution in [0.15, 0.2) is 53.1 Å². The molecule has 210 valence electrons. The van der Waals surface area contributed by atoms with Crippen LogP contribution in [0.4, 0.5) is 5.95 Å². The molecule has 13 nitrogen and oxygen atoms in total. The lowest BCUT2D eigenvalue weighted by Gasteiger charge is -2.25. The van der Waals surface area contributed by atoms with E-state index in [0.29, 0.717) is 0 Å². The molecule has 2 aromatic heterocycles. The lowest BCUT2D eigenvalue weighted by Crippen LogP contribution is -2.35. The number of aryl methyl sites for hydroxylation is 1. The van der Waals surface area contributed by atoms with Crippen LogP contribution in [0.2, 0.25) is 0 Å². The fourth-order valence-corrected chi connectivity index (χ4v) is 4.85. The van der Waals surface area contributed by atoms with Crippen LogP contribution in [0.5, 0.6) is 11.5 Å². The van der Waals surface area contributed by atoms with Crippen LogP contribution >= 0.6 is 0 Å². The summed E-state index contributed by atoms with van der Waals surface area (Å²) in [5.74, 6) is 0.220. The van der Waals surface area contributed by atoms with Crippen LogP contribution in [0.3, 0.4) is 0 Å². The summed E-state index contributed by atoms with van der Waals surface area (Å²) in [5.41, 5.74) is 6.61. The topological polar surface area (TPSA) is 163 Å². The summed E-state index contributed by atoms with van der Waals surface area (Å²) < 4.78 is 47.9. The summed E-state index contributed by atoms with van der Waals surface area (Å²) in [6.07, 6.45) is 3.33. The van der Waals surface area contributed by atoms with Crippen molar-refractivity contribution in [2.45, 2.75) is 45.2 Å². The van der Waals surface area contributed by atoms with E-state index in [-0.39, 0.29) is 52.5 Å². The van der Waals surface area contributed by atoms with E-state index < -0.39 is 21.4 Å². The van der Waals surface area contributed by atoms with Gasteiger partial charge in [0, 0.05) is 12.4 Å². The van der Waals surface area contributed by atoms with E-state index in [1.807, 2.05) is 6.92 Å². The Labute approximate surface area is 231 Å². The molecule has 0 radical (unpaired) electrons. The first-order valence-electron chi connectivity index (χ1n) is 12.2. The van der Waals surface area contributed by atoms with Crippen LogP contribution in [-0.4, -0.2) is 69.7 Å². The van der Waals surface area contributed by atoms with Gasteiger partial charge in [-0.15, -0.1) is 10.2 Å². The molecule has 0 aliphatic carbocycles. The van der Waals surface area contributed by atoms with Crippen LogP contribution in [0, 0.1) is 6.92 Å². The van der Waals surface area contributed by atoms with Gasteiger partial charge in [-0.2, -0.15) is 0 Å². The van der Waals surface area contributed by atoms with Crippen molar-refractivity contribution in [3.05, 3.63) is 65.3 Å². The molecule has 0 fully saturated rings. The molecular formula is C26H29N7O6S. The van der Waals surface area contributed by atoms with Gasteiger partial charge in [-0.1, -0.05) is 11.8 Å². The largest absolute Gasteiger partial charge is 0.506 e. The number of rotatable bonds is 10. The van der Waals surface area contributed by atoms with Crippen molar-refractivity contribution in [1.29, 1.82) is 0 Å². The van der Waals surface area contributed by atoms with E-state index >= 15 is 0 Å². The molecule has 0 saturated heterocycles. The van der Waals surface area contributed by atoms with Crippen molar-refractivity contribution in [2.24, 2.45) is 4.99 Å². The fourth-order valence-electron chi connectivity index (χ4n) is 3.77. The average Bonchev–Trinajstić information content (AvgIpc) is 3.33. The lowest BCUT2D eigenvalue weighted by atomic mass is 10.2. The van der Waals surface area contributed by atoms with Crippen LogP contribution in [-0.2, 0) is 19.5 Å². The van der Waals surface area contributed by atoms with Crippen molar-refractivity contribution in [1.82, 2.24) is 24.7 Å². The first-order chi connectivity index (χ1) is 19.1. The van der Waals surface area contributed by atoms with Gasteiger partial charge >= 0.3 is 0 Å². The number of nitrogens with zero attached hydrogens (tertiary/aromatic N) is 6. The number of aromatic hydroxyl groups is 1. The van der Waals surface area contributed by atoms with E-state index in [1.165, 1.54) is 37.9 Å². The molecule has 0 unspecified atom stereocenters. The Morgan fingerprint density at radius 3 is 2.45 bits per heavy atom. The Kier molecular flexibility index (Phi) is 8.36. The zero-order valence-corrected chi connectivity index (χ0v) is 23.6. The first kappa shape index (κ1) is 28.5. The normalized spacial score (nSPS) is 14.5. The predicted octanol–water partition coefficient (Wildman–Crippen LogP) is 3.09. The van der Waals surface area contributed by atoms with Gasteiger partial charge < -0.3 is 19.3 Å². The standard InChI is InChI=1S/C26H29N7O6S/c1-15(2)39-23(24-27-13-16(3)14-28-24)17(4)40(35,36)32-26-31-30-25(18-9-7-12-21(29-18)38-6)33(26)22-19(34)10-8-11-20(22)37-5/h8,10-15,17,23,34H,1-6H3,(H,31,32)/t17-,23-/m0/s1. The summed E-state index contributed by atoms with van der Waals surface area (Å²) in [6.45, 7) is 6.88. The van der Waals surface area contributed by atoms with Crippen LogP contribution < -0.4 is 9.46 Å². The van der Waals surface area contributed by atoms with Gasteiger partial charge in [-0.05, 0) is 51.1 Å². The van der Waals surface area contributed by atoms with Crippen molar-refractivity contribution in [2.75, 3.05) is 18.9 Å². The minimum atomic E-state index is -4.22. The number of hydrogen-bond acceptors (Lipinski definition) is 11. The number of para-hydroxylation sites is 1. The number of phenolic OH excluding ortho intramolecular Hbond substituents is 1. The minimum absolute atomic E-state index is 0.0390. The Hall–Kier alpha value is -4.48. The highest BCUT2D eigenvalue weighted by molar-refractivity contribution is 7.93. The van der Waals surface area contributed by atoms with Gasteiger partial charge in [0.25, 0.3) is 0 Å². The van der Waals surface area contributed by atoms with Crippen molar-refractivity contribution in [3.8, 4) is 17.2 Å². The summed E-state index contributed by atoms with van der Waals surface area (Å²) >= 11 is 0. The van der Waals surface area contributed by atoms with Gasteiger partial charge in [0.1, 0.15) is 28.5 Å². The summed E-state index contributed by atoms with van der Waals surface area (Å²) in [7, 11) is -1.38. The Morgan fingerprint density at radius 1 is 1.07 bits per heavy atom. The van der Waals surface area contributed by atoms with Crippen LogP contribution in [0.1, 0.15) is 44.1 Å². The molecular weight excluding hydrogens is 538 g/mol. The summed E-state index contributed by atoms with van der Waals surface area (Å²) in [4.78, 5) is 12.9. The number of aliphatic imine (C=N–C) groups is 1. The maximum absolute atomic E-state index is 13.8. The molecule has 2 atom stereocenters. The number of nitrogens with one attached hydrogen (secondary N) is 1. The SMILES string of the molecule is COC1=NC(c2nnc(NS(=O)(=O)[C@@H](C)[C@H](OC(C)C)c3ncc(C)cn3)n2-c2c(O)cccc2OC)=C=C=C1. The van der Waals surface area contributed by atoms with Crippen molar-refractivity contribution < 1.29 is 27.7 Å². The quantitative estimate of drug-likeness (QED) is 0.348. The van der Waals surface area contributed by atoms with Crippen molar-refractivity contribution in [3.63, 3.8) is 0 Å². The Morgan fingerprint density at radius 2 is 1.80 bits per heavy atom. The van der Waals surface area contributed by atoms with Crippen molar-refractivity contribution >= 4 is 27.6 Å². The lowest BCUT2D eigenvalue weighted by molar-refractivity contribution is 0.00152. The van der Waals surface area contributed by atoms with Gasteiger partial charge in [-0.3, -0.25) is 9.29 Å². The summed E-state index contributed by atoms with van der Waals surface area (Å²) in [5, 5.41) is 17.9. The monoisotopic (exact) mass is 567 g/mol. The molecule has 4 rings (SSSR count). The Balaban J connectivity index is 1.84. The molecule has 0 spiro atoms. The molecule has 2 N–H and O–H groups in total. The van der Waals surface area contributed by atoms with Gasteiger partial charge in [0.15, 0.2) is 17.3 Å². The average molecular weight is 568 g/mol. The number of methoxy groups -OCH3 is 2. The third kappa shape index (κ3) is 5.90. The molecule has 0 saturated carbocycles. The van der Waals surface area contributed by atoms with E-state index in [2.05, 4.69) is 41.3 Å². The highest BCUT2D eigenvalue weighted by Crippen LogP contribution is 2.37. The zero-order valence-electron chi connectivity index (χ0n) is 22.8. The molecule has 40 heavy (non-hydrogen) atoms. The number of phenols is 1. The van der Waals surface area contributed by atoms with Gasteiger partial charge in [-0.25, -0.2) is 23.4 Å². The van der Waals surface area contributed by atoms with E-state index in [4.69, 9.17) is 14.2 Å². The second-order valence-electron chi connectivity index (χ2n) is 9.00. The Bertz CT molecular complexity index is 1630. The van der Waals surface area contributed by atoms with Gasteiger partial charge in [0.05, 0.1) is 26.4 Å². The number of benzene rings is 1. The number of anilines is 1. The molecule has 1 aromatic carbocycles. The molecule has 1 aliphatic rings. The molecule has 3 heterocycles. The number of aromatic nitrogens is 5. The van der Waals surface area contributed by atoms with E-state index in [0.717, 1.165) is 5.56 Å². The number of sulfonamides is 1. The third-order valence-corrected chi connectivity index (χ3v) is 7.43. The minimum Gasteiger partial charge on any atom is -0.506 e. The molecule has 0 amide bonds. The fraction of sp³-hybridized carbons (Fsp3) is 0.346. The predicted molar refractivity (Wildman–Crippen MR) is 147 cm³/mol. The molecule has 3 aromatic rings. The highest BCUT2D eigenvalue weighted by atomic mass is 32.2. The molecule has 1 aliphatic heterocycles. The van der Waals surface area contributed by atoms with Gasteiger partial charge in [0.2, 0.25) is 21.9 Å². The number of ether oxygens (including phenoxy) is 3. The molecule has 14 heteroatoms.